The highest BCUT2D eigenvalue weighted by Crippen LogP contribution is 2.31. The molecule has 0 saturated heterocycles. The Hall–Kier alpha value is -1.82. The molecule has 0 aliphatic heterocycles. The number of nitrogen functional groups attached to an aromatic ring is 1. The average molecular weight is 251 g/mol. The molecule has 6 nitrogen and oxygen atoms in total. The number of nitrogens with zero attached hydrogens (tertiary/aromatic N) is 2. The molecule has 1 aliphatic rings. The van der Waals surface area contributed by atoms with E-state index < -0.39 is 4.92 Å². The lowest BCUT2D eigenvalue weighted by Crippen LogP contribution is -2.37. The molecule has 98 valence electrons. The highest BCUT2D eigenvalue weighted by molar-refractivity contribution is 5.66. The van der Waals surface area contributed by atoms with Crippen molar-refractivity contribution in [3.8, 4) is 0 Å². The van der Waals surface area contributed by atoms with Crippen LogP contribution in [0.4, 0.5) is 17.1 Å². The SMILES string of the molecule is CN(CC1CC(O)C1)c1ccc([N+](=O)[O-])c(N)c1. The summed E-state index contributed by atoms with van der Waals surface area (Å²) in [6, 6.07) is 4.74. The van der Waals surface area contributed by atoms with Crippen LogP contribution in [0.2, 0.25) is 0 Å². The fourth-order valence-corrected chi connectivity index (χ4v) is 2.29. The van der Waals surface area contributed by atoms with Crippen LogP contribution in [0.3, 0.4) is 0 Å². The smallest absolute Gasteiger partial charge is 0.292 e. The zero-order valence-electron chi connectivity index (χ0n) is 10.2. The van der Waals surface area contributed by atoms with E-state index in [1.54, 1.807) is 12.1 Å². The summed E-state index contributed by atoms with van der Waals surface area (Å²) in [6.07, 6.45) is 1.49. The fraction of sp³-hybridized carbons (Fsp3) is 0.500. The first-order valence-corrected chi connectivity index (χ1v) is 5.90. The molecule has 0 aromatic heterocycles. The van der Waals surface area contributed by atoms with Crippen molar-refractivity contribution in [2.75, 3.05) is 24.2 Å². The molecule has 1 fully saturated rings. The van der Waals surface area contributed by atoms with Gasteiger partial charge in [-0.2, -0.15) is 0 Å². The zero-order chi connectivity index (χ0) is 13.3. The molecule has 0 unspecified atom stereocenters. The second kappa shape index (κ2) is 4.81. The van der Waals surface area contributed by atoms with Gasteiger partial charge in [-0.1, -0.05) is 0 Å². The summed E-state index contributed by atoms with van der Waals surface area (Å²) in [4.78, 5) is 12.2. The Kier molecular flexibility index (Phi) is 3.38. The normalized spacial score (nSPS) is 22.3. The van der Waals surface area contributed by atoms with Crippen LogP contribution in [0, 0.1) is 16.0 Å². The summed E-state index contributed by atoms with van der Waals surface area (Å²) < 4.78 is 0. The maximum Gasteiger partial charge on any atom is 0.292 e. The summed E-state index contributed by atoms with van der Waals surface area (Å²) >= 11 is 0. The molecule has 0 spiro atoms. The lowest BCUT2D eigenvalue weighted by atomic mass is 9.82. The Morgan fingerprint density at radius 2 is 2.22 bits per heavy atom. The molecular weight excluding hydrogens is 234 g/mol. The van der Waals surface area contributed by atoms with Crippen molar-refractivity contribution in [2.24, 2.45) is 5.92 Å². The van der Waals surface area contributed by atoms with Crippen LogP contribution >= 0.6 is 0 Å². The molecule has 3 N–H and O–H groups in total. The predicted octanol–water partition coefficient (Wildman–Crippen LogP) is 1.38. The number of aliphatic hydroxyl groups excluding tert-OH is 1. The van der Waals surface area contributed by atoms with Gasteiger partial charge in [-0.25, -0.2) is 0 Å². The number of nitro benzene ring substituents is 1. The van der Waals surface area contributed by atoms with E-state index in [0.717, 1.165) is 25.1 Å². The van der Waals surface area contributed by atoms with Crippen LogP contribution in [0.15, 0.2) is 18.2 Å². The van der Waals surface area contributed by atoms with E-state index in [1.807, 2.05) is 11.9 Å². The Labute approximate surface area is 105 Å². The van der Waals surface area contributed by atoms with Gasteiger partial charge in [0.25, 0.3) is 5.69 Å². The molecule has 0 bridgehead atoms. The van der Waals surface area contributed by atoms with Crippen molar-refractivity contribution >= 4 is 17.1 Å². The van der Waals surface area contributed by atoms with Gasteiger partial charge in [0.05, 0.1) is 11.0 Å². The first-order valence-electron chi connectivity index (χ1n) is 5.90. The second-order valence-corrected chi connectivity index (χ2v) is 4.87. The number of hydrogen-bond acceptors (Lipinski definition) is 5. The predicted molar refractivity (Wildman–Crippen MR) is 69.5 cm³/mol. The largest absolute Gasteiger partial charge is 0.393 e. The highest BCUT2D eigenvalue weighted by Gasteiger charge is 2.28. The number of aliphatic hydroxyl groups is 1. The van der Waals surface area contributed by atoms with Crippen LogP contribution in [-0.2, 0) is 0 Å². The third-order valence-corrected chi connectivity index (χ3v) is 3.39. The molecule has 1 aromatic rings. The van der Waals surface area contributed by atoms with Crippen molar-refractivity contribution in [1.82, 2.24) is 0 Å². The van der Waals surface area contributed by atoms with Gasteiger partial charge in [-0.15, -0.1) is 0 Å². The van der Waals surface area contributed by atoms with E-state index in [1.165, 1.54) is 6.07 Å². The molecular formula is C12H17N3O3. The maximum atomic E-state index is 10.7. The minimum absolute atomic E-state index is 0.0637. The Morgan fingerprint density at radius 3 is 2.72 bits per heavy atom. The second-order valence-electron chi connectivity index (χ2n) is 4.87. The van der Waals surface area contributed by atoms with Crippen molar-refractivity contribution in [3.63, 3.8) is 0 Å². The van der Waals surface area contributed by atoms with Crippen molar-refractivity contribution < 1.29 is 10.0 Å². The molecule has 6 heteroatoms. The number of nitrogens with two attached hydrogens (primary N) is 1. The third kappa shape index (κ3) is 2.53. The molecule has 0 atom stereocenters. The molecule has 0 amide bonds. The van der Waals surface area contributed by atoms with Gasteiger partial charge >= 0.3 is 0 Å². The molecule has 1 saturated carbocycles. The lowest BCUT2D eigenvalue weighted by Gasteiger charge is -2.35. The van der Waals surface area contributed by atoms with Gasteiger partial charge in [0.1, 0.15) is 5.69 Å². The fourth-order valence-electron chi connectivity index (χ4n) is 2.29. The van der Waals surface area contributed by atoms with Crippen LogP contribution in [0.5, 0.6) is 0 Å². The van der Waals surface area contributed by atoms with Crippen LogP contribution in [0.25, 0.3) is 0 Å². The average Bonchev–Trinajstić information content (AvgIpc) is 2.26. The van der Waals surface area contributed by atoms with Gasteiger partial charge in [-0.05, 0) is 30.9 Å². The Bertz CT molecular complexity index is 458. The van der Waals surface area contributed by atoms with Gasteiger partial charge in [-0.3, -0.25) is 10.1 Å². The lowest BCUT2D eigenvalue weighted by molar-refractivity contribution is -0.383. The minimum atomic E-state index is -0.485. The zero-order valence-corrected chi connectivity index (χ0v) is 10.2. The quantitative estimate of drug-likeness (QED) is 0.479. The van der Waals surface area contributed by atoms with Gasteiger partial charge in [0.2, 0.25) is 0 Å². The molecule has 0 heterocycles. The number of nitro groups is 1. The molecule has 18 heavy (non-hydrogen) atoms. The monoisotopic (exact) mass is 251 g/mol. The Morgan fingerprint density at radius 1 is 1.56 bits per heavy atom. The summed E-state index contributed by atoms with van der Waals surface area (Å²) in [5.74, 6) is 0.487. The first kappa shape index (κ1) is 12.6. The molecule has 0 radical (unpaired) electrons. The molecule has 2 rings (SSSR count). The van der Waals surface area contributed by atoms with E-state index in [0.29, 0.717) is 5.92 Å². The molecule has 1 aromatic carbocycles. The highest BCUT2D eigenvalue weighted by atomic mass is 16.6. The van der Waals surface area contributed by atoms with Crippen molar-refractivity contribution in [2.45, 2.75) is 18.9 Å². The maximum absolute atomic E-state index is 10.7. The summed E-state index contributed by atoms with van der Waals surface area (Å²) in [7, 11) is 1.92. The number of hydrogen-bond donors (Lipinski definition) is 2. The number of anilines is 2. The van der Waals surface area contributed by atoms with Crippen LogP contribution in [0.1, 0.15) is 12.8 Å². The van der Waals surface area contributed by atoms with E-state index in [4.69, 9.17) is 5.73 Å². The number of benzene rings is 1. The van der Waals surface area contributed by atoms with E-state index >= 15 is 0 Å². The van der Waals surface area contributed by atoms with Gasteiger partial charge in [0.15, 0.2) is 0 Å². The number of rotatable bonds is 4. The summed E-state index contributed by atoms with van der Waals surface area (Å²) in [6.45, 7) is 0.828. The standard InChI is InChI=1S/C12H17N3O3/c1-14(7-8-4-10(16)5-8)9-2-3-12(15(17)18)11(13)6-9/h2-3,6,8,10,16H,4-5,7,13H2,1H3. The van der Waals surface area contributed by atoms with Gasteiger partial charge < -0.3 is 15.7 Å². The van der Waals surface area contributed by atoms with Crippen molar-refractivity contribution in [3.05, 3.63) is 28.3 Å². The molecule has 1 aliphatic carbocycles. The van der Waals surface area contributed by atoms with Crippen LogP contribution < -0.4 is 10.6 Å². The van der Waals surface area contributed by atoms with Gasteiger partial charge in [0, 0.05) is 25.3 Å². The minimum Gasteiger partial charge on any atom is -0.393 e. The third-order valence-electron chi connectivity index (χ3n) is 3.39. The first-order chi connectivity index (χ1) is 8.47. The van der Waals surface area contributed by atoms with E-state index in [2.05, 4.69) is 0 Å². The summed E-state index contributed by atoms with van der Waals surface area (Å²) in [5.41, 5.74) is 6.63. The summed E-state index contributed by atoms with van der Waals surface area (Å²) in [5, 5.41) is 19.9. The van der Waals surface area contributed by atoms with Crippen molar-refractivity contribution in [1.29, 1.82) is 0 Å². The Balaban J connectivity index is 2.04. The van der Waals surface area contributed by atoms with E-state index in [-0.39, 0.29) is 17.5 Å². The topological polar surface area (TPSA) is 92.6 Å². The van der Waals surface area contributed by atoms with Crippen LogP contribution in [-0.4, -0.2) is 29.7 Å². The van der Waals surface area contributed by atoms with E-state index in [9.17, 15) is 15.2 Å².